The monoisotopic (exact) mass is 240 g/mol. The van der Waals surface area contributed by atoms with Crippen molar-refractivity contribution in [3.05, 3.63) is 29.8 Å². The average Bonchev–Trinajstić information content (AvgIpc) is 2.37. The molecule has 0 aliphatic heterocycles. The number of ether oxygens (including phenoxy) is 3. The zero-order chi connectivity index (χ0) is 12.5. The lowest BCUT2D eigenvalue weighted by Gasteiger charge is -2.19. The van der Waals surface area contributed by atoms with E-state index in [2.05, 4.69) is 5.43 Å². The van der Waals surface area contributed by atoms with Crippen molar-refractivity contribution >= 4 is 0 Å². The van der Waals surface area contributed by atoms with Crippen LogP contribution in [0.1, 0.15) is 11.6 Å². The van der Waals surface area contributed by atoms with E-state index in [1.54, 1.807) is 14.2 Å². The van der Waals surface area contributed by atoms with E-state index >= 15 is 0 Å². The van der Waals surface area contributed by atoms with Crippen LogP contribution in [0.15, 0.2) is 24.3 Å². The molecule has 0 fully saturated rings. The second kappa shape index (κ2) is 8.03. The second-order valence-electron chi connectivity index (χ2n) is 3.55. The van der Waals surface area contributed by atoms with Gasteiger partial charge in [-0.25, -0.2) is 0 Å². The molecule has 0 radical (unpaired) electrons. The van der Waals surface area contributed by atoms with Crippen molar-refractivity contribution < 1.29 is 14.2 Å². The molecule has 0 aromatic heterocycles. The zero-order valence-corrected chi connectivity index (χ0v) is 10.3. The van der Waals surface area contributed by atoms with Gasteiger partial charge < -0.3 is 14.2 Å². The van der Waals surface area contributed by atoms with Crippen LogP contribution in [-0.4, -0.2) is 34.0 Å². The Kier molecular flexibility index (Phi) is 6.57. The molecular weight excluding hydrogens is 220 g/mol. The van der Waals surface area contributed by atoms with Gasteiger partial charge in [0.25, 0.3) is 0 Å². The molecule has 0 bridgehead atoms. The lowest BCUT2D eigenvalue weighted by molar-refractivity contribution is 0.142. The Morgan fingerprint density at radius 1 is 1.18 bits per heavy atom. The van der Waals surface area contributed by atoms with E-state index in [4.69, 9.17) is 20.1 Å². The first-order valence-corrected chi connectivity index (χ1v) is 5.49. The summed E-state index contributed by atoms with van der Waals surface area (Å²) < 4.78 is 15.7. The molecule has 0 spiro atoms. The highest BCUT2D eigenvalue weighted by Crippen LogP contribution is 2.24. The van der Waals surface area contributed by atoms with Crippen LogP contribution in [-0.2, 0) is 9.47 Å². The molecule has 96 valence electrons. The number of para-hydroxylation sites is 1. The van der Waals surface area contributed by atoms with Gasteiger partial charge in [-0.15, -0.1) is 0 Å². The van der Waals surface area contributed by atoms with Gasteiger partial charge in [-0.3, -0.25) is 11.3 Å². The molecule has 1 rings (SSSR count). The molecule has 0 saturated heterocycles. The molecule has 0 amide bonds. The fourth-order valence-electron chi connectivity index (χ4n) is 1.53. The Morgan fingerprint density at radius 3 is 2.59 bits per heavy atom. The number of hydrogen-bond donors (Lipinski definition) is 2. The van der Waals surface area contributed by atoms with E-state index in [0.717, 1.165) is 11.3 Å². The summed E-state index contributed by atoms with van der Waals surface area (Å²) in [6, 6.07) is 7.65. The van der Waals surface area contributed by atoms with Gasteiger partial charge in [0.2, 0.25) is 0 Å². The van der Waals surface area contributed by atoms with Crippen molar-refractivity contribution in [3.63, 3.8) is 0 Å². The van der Waals surface area contributed by atoms with Crippen molar-refractivity contribution in [1.82, 2.24) is 5.43 Å². The third-order valence-corrected chi connectivity index (χ3v) is 2.37. The third kappa shape index (κ3) is 4.32. The SMILES string of the molecule is COCCOc1ccccc1C(COC)NN. The molecule has 0 aliphatic carbocycles. The van der Waals surface area contributed by atoms with Crippen LogP contribution in [0.3, 0.4) is 0 Å². The molecular formula is C12H20N2O3. The summed E-state index contributed by atoms with van der Waals surface area (Å²) in [7, 11) is 3.28. The number of rotatable bonds is 8. The first kappa shape index (κ1) is 13.9. The van der Waals surface area contributed by atoms with Gasteiger partial charge in [0.05, 0.1) is 19.3 Å². The molecule has 17 heavy (non-hydrogen) atoms. The number of methoxy groups -OCH3 is 2. The predicted molar refractivity (Wildman–Crippen MR) is 65.8 cm³/mol. The largest absolute Gasteiger partial charge is 0.491 e. The first-order valence-electron chi connectivity index (χ1n) is 5.49. The molecule has 5 heteroatoms. The predicted octanol–water partition coefficient (Wildman–Crippen LogP) is 0.863. The highest BCUT2D eigenvalue weighted by molar-refractivity contribution is 5.36. The van der Waals surface area contributed by atoms with Crippen molar-refractivity contribution in [2.24, 2.45) is 5.84 Å². The lowest BCUT2D eigenvalue weighted by Crippen LogP contribution is -2.31. The first-order chi connectivity index (χ1) is 8.33. The standard InChI is InChI=1S/C12H20N2O3/c1-15-7-8-17-12-6-4-3-5-10(12)11(14-13)9-16-2/h3-6,11,14H,7-9,13H2,1-2H3. The Hall–Kier alpha value is -1.14. The maximum Gasteiger partial charge on any atom is 0.124 e. The van der Waals surface area contributed by atoms with Crippen molar-refractivity contribution in [2.45, 2.75) is 6.04 Å². The molecule has 0 saturated carbocycles. The van der Waals surface area contributed by atoms with Crippen LogP contribution in [0.5, 0.6) is 5.75 Å². The number of hydrogen-bond acceptors (Lipinski definition) is 5. The van der Waals surface area contributed by atoms with E-state index < -0.39 is 0 Å². The average molecular weight is 240 g/mol. The minimum absolute atomic E-state index is 0.0845. The van der Waals surface area contributed by atoms with Gasteiger partial charge >= 0.3 is 0 Å². The van der Waals surface area contributed by atoms with Crippen molar-refractivity contribution in [3.8, 4) is 5.75 Å². The fraction of sp³-hybridized carbons (Fsp3) is 0.500. The summed E-state index contributed by atoms with van der Waals surface area (Å²) >= 11 is 0. The minimum atomic E-state index is -0.0845. The Labute approximate surface area is 102 Å². The Bertz CT molecular complexity index is 320. The van der Waals surface area contributed by atoms with Gasteiger partial charge in [-0.05, 0) is 6.07 Å². The fourth-order valence-corrected chi connectivity index (χ4v) is 1.53. The smallest absolute Gasteiger partial charge is 0.124 e. The van der Waals surface area contributed by atoms with Gasteiger partial charge in [-0.2, -0.15) is 0 Å². The topological polar surface area (TPSA) is 65.7 Å². The number of nitrogens with two attached hydrogens (primary N) is 1. The molecule has 1 aromatic carbocycles. The summed E-state index contributed by atoms with van der Waals surface area (Å²) in [5.41, 5.74) is 3.69. The maximum absolute atomic E-state index is 5.63. The van der Waals surface area contributed by atoms with Crippen LogP contribution < -0.4 is 16.0 Å². The molecule has 1 atom stereocenters. The Balaban J connectivity index is 2.74. The summed E-state index contributed by atoms with van der Waals surface area (Å²) in [5, 5.41) is 0. The second-order valence-corrected chi connectivity index (χ2v) is 3.55. The summed E-state index contributed by atoms with van der Waals surface area (Å²) in [6.45, 7) is 1.55. The maximum atomic E-state index is 5.63. The lowest BCUT2D eigenvalue weighted by atomic mass is 10.1. The van der Waals surface area contributed by atoms with Crippen LogP contribution in [0.2, 0.25) is 0 Å². The number of benzene rings is 1. The molecule has 0 aliphatic rings. The van der Waals surface area contributed by atoms with E-state index in [1.165, 1.54) is 0 Å². The molecule has 3 N–H and O–H groups in total. The highest BCUT2D eigenvalue weighted by Gasteiger charge is 2.14. The van der Waals surface area contributed by atoms with Gasteiger partial charge in [-0.1, -0.05) is 18.2 Å². The number of hydrazine groups is 1. The molecule has 0 heterocycles. The van der Waals surface area contributed by atoms with E-state index in [0.29, 0.717) is 19.8 Å². The zero-order valence-electron chi connectivity index (χ0n) is 10.3. The van der Waals surface area contributed by atoms with Crippen LogP contribution >= 0.6 is 0 Å². The van der Waals surface area contributed by atoms with E-state index in [-0.39, 0.29) is 6.04 Å². The van der Waals surface area contributed by atoms with E-state index in [1.807, 2.05) is 24.3 Å². The summed E-state index contributed by atoms with van der Waals surface area (Å²) in [6.07, 6.45) is 0. The highest BCUT2D eigenvalue weighted by atomic mass is 16.5. The molecule has 1 aromatic rings. The number of nitrogens with one attached hydrogen (secondary N) is 1. The third-order valence-electron chi connectivity index (χ3n) is 2.37. The van der Waals surface area contributed by atoms with Gasteiger partial charge in [0, 0.05) is 19.8 Å². The van der Waals surface area contributed by atoms with Crippen LogP contribution in [0.25, 0.3) is 0 Å². The van der Waals surface area contributed by atoms with Gasteiger partial charge in [0.1, 0.15) is 12.4 Å². The Morgan fingerprint density at radius 2 is 1.94 bits per heavy atom. The van der Waals surface area contributed by atoms with Crippen molar-refractivity contribution in [2.75, 3.05) is 34.0 Å². The molecule has 1 unspecified atom stereocenters. The quantitative estimate of drug-likeness (QED) is 0.401. The van der Waals surface area contributed by atoms with Crippen LogP contribution in [0.4, 0.5) is 0 Å². The summed E-state index contributed by atoms with van der Waals surface area (Å²) in [5.74, 6) is 6.30. The summed E-state index contributed by atoms with van der Waals surface area (Å²) in [4.78, 5) is 0. The normalized spacial score (nSPS) is 12.4. The van der Waals surface area contributed by atoms with Crippen LogP contribution in [0, 0.1) is 0 Å². The minimum Gasteiger partial charge on any atom is -0.491 e. The van der Waals surface area contributed by atoms with E-state index in [9.17, 15) is 0 Å². The van der Waals surface area contributed by atoms with Crippen molar-refractivity contribution in [1.29, 1.82) is 0 Å². The molecule has 5 nitrogen and oxygen atoms in total. The van der Waals surface area contributed by atoms with Gasteiger partial charge in [0.15, 0.2) is 0 Å².